The van der Waals surface area contributed by atoms with Gasteiger partial charge in [0.1, 0.15) is 6.04 Å². The van der Waals surface area contributed by atoms with Gasteiger partial charge in [-0.2, -0.15) is 4.72 Å². The van der Waals surface area contributed by atoms with Crippen LogP contribution in [0.25, 0.3) is 10.9 Å². The van der Waals surface area contributed by atoms with Gasteiger partial charge < -0.3 is 10.3 Å². The van der Waals surface area contributed by atoms with Gasteiger partial charge in [-0.25, -0.2) is 8.42 Å². The van der Waals surface area contributed by atoms with Gasteiger partial charge in [0.25, 0.3) is 0 Å². The van der Waals surface area contributed by atoms with E-state index >= 15 is 0 Å². The number of anilines is 1. The zero-order valence-corrected chi connectivity index (χ0v) is 17.9. The van der Waals surface area contributed by atoms with E-state index < -0.39 is 22.0 Å². The predicted molar refractivity (Wildman–Crippen MR) is 118 cm³/mol. The first-order valence-corrected chi connectivity index (χ1v) is 11.2. The quantitative estimate of drug-likeness (QED) is 0.538. The Hall–Kier alpha value is -2.97. The molecule has 30 heavy (non-hydrogen) atoms. The third kappa shape index (κ3) is 5.34. The van der Waals surface area contributed by atoms with E-state index in [1.807, 2.05) is 39.0 Å². The fourth-order valence-electron chi connectivity index (χ4n) is 3.19. The zero-order valence-electron chi connectivity index (χ0n) is 17.1. The maximum atomic E-state index is 13.0. The van der Waals surface area contributed by atoms with Crippen LogP contribution in [0, 0.1) is 12.8 Å². The molecule has 0 saturated carbocycles. The third-order valence-electron chi connectivity index (χ3n) is 4.61. The number of hydrogen-bond acceptors (Lipinski definition) is 4. The standard InChI is InChI=1S/C22H25N3O4S/c1-14(2)11-20(22(27)23-17-6-4-5-15(3)12-17)25-30(28,29)18-8-9-19-16(13-18)7-10-21(26)24-19/h4-10,12-14,20,25H,11H2,1-3H3,(H,23,27)(H,24,26)/t20-/m0/s1. The van der Waals surface area contributed by atoms with Crippen LogP contribution in [-0.4, -0.2) is 25.4 Å². The van der Waals surface area contributed by atoms with E-state index in [-0.39, 0.29) is 16.4 Å². The Morgan fingerprint density at radius 1 is 1.07 bits per heavy atom. The summed E-state index contributed by atoms with van der Waals surface area (Å²) in [5.41, 5.74) is 1.88. The summed E-state index contributed by atoms with van der Waals surface area (Å²) in [5, 5.41) is 3.38. The van der Waals surface area contributed by atoms with E-state index in [9.17, 15) is 18.0 Å². The number of pyridine rings is 1. The Balaban J connectivity index is 1.86. The molecule has 3 rings (SSSR count). The molecule has 2 aromatic carbocycles. The monoisotopic (exact) mass is 427 g/mol. The molecule has 0 bridgehead atoms. The molecule has 0 aliphatic rings. The lowest BCUT2D eigenvalue weighted by atomic mass is 10.0. The highest BCUT2D eigenvalue weighted by Crippen LogP contribution is 2.19. The number of sulfonamides is 1. The molecule has 1 atom stereocenters. The fourth-order valence-corrected chi connectivity index (χ4v) is 4.43. The lowest BCUT2D eigenvalue weighted by Crippen LogP contribution is -2.44. The second kappa shape index (κ2) is 8.81. The van der Waals surface area contributed by atoms with Crippen molar-refractivity contribution in [2.45, 2.75) is 38.1 Å². The molecule has 1 amide bonds. The topological polar surface area (TPSA) is 108 Å². The van der Waals surface area contributed by atoms with E-state index in [1.165, 1.54) is 24.3 Å². The van der Waals surface area contributed by atoms with E-state index in [1.54, 1.807) is 12.1 Å². The second-order valence-corrected chi connectivity index (χ2v) is 9.45. The highest BCUT2D eigenvalue weighted by Gasteiger charge is 2.27. The summed E-state index contributed by atoms with van der Waals surface area (Å²) in [5.74, 6) is -0.314. The summed E-state index contributed by atoms with van der Waals surface area (Å²) >= 11 is 0. The summed E-state index contributed by atoms with van der Waals surface area (Å²) in [6.07, 6.45) is 0.345. The lowest BCUT2D eigenvalue weighted by Gasteiger charge is -2.20. The maximum Gasteiger partial charge on any atom is 0.248 e. The molecule has 0 fully saturated rings. The number of aromatic nitrogens is 1. The van der Waals surface area contributed by atoms with Crippen molar-refractivity contribution < 1.29 is 13.2 Å². The number of H-pyrrole nitrogens is 1. The number of hydrogen-bond donors (Lipinski definition) is 3. The minimum absolute atomic E-state index is 0.0270. The van der Waals surface area contributed by atoms with Crippen molar-refractivity contribution in [1.29, 1.82) is 0 Å². The van der Waals surface area contributed by atoms with Crippen LogP contribution in [0.4, 0.5) is 5.69 Å². The lowest BCUT2D eigenvalue weighted by molar-refractivity contribution is -0.118. The minimum Gasteiger partial charge on any atom is -0.325 e. The molecule has 0 spiro atoms. The first-order valence-electron chi connectivity index (χ1n) is 9.67. The smallest absolute Gasteiger partial charge is 0.248 e. The average Bonchev–Trinajstić information content (AvgIpc) is 2.66. The number of rotatable bonds is 7. The highest BCUT2D eigenvalue weighted by molar-refractivity contribution is 7.89. The van der Waals surface area contributed by atoms with Gasteiger partial charge in [-0.1, -0.05) is 26.0 Å². The molecule has 1 aromatic heterocycles. The number of fused-ring (bicyclic) bond motifs is 1. The van der Waals surface area contributed by atoms with Gasteiger partial charge in [0.15, 0.2) is 0 Å². The number of amides is 1. The van der Waals surface area contributed by atoms with Crippen molar-refractivity contribution >= 4 is 32.5 Å². The van der Waals surface area contributed by atoms with Crippen LogP contribution in [0.2, 0.25) is 0 Å². The van der Waals surface area contributed by atoms with Gasteiger partial charge >= 0.3 is 0 Å². The summed E-state index contributed by atoms with van der Waals surface area (Å²) < 4.78 is 28.5. The Kier molecular flexibility index (Phi) is 6.38. The molecular formula is C22H25N3O4S. The molecule has 0 aliphatic carbocycles. The van der Waals surface area contributed by atoms with Crippen LogP contribution in [-0.2, 0) is 14.8 Å². The SMILES string of the molecule is Cc1cccc(NC(=O)[C@H](CC(C)C)NS(=O)(=O)c2ccc3[nH]c(=O)ccc3c2)c1. The normalized spacial score (nSPS) is 12.8. The van der Waals surface area contributed by atoms with E-state index in [0.29, 0.717) is 23.0 Å². The van der Waals surface area contributed by atoms with Gasteiger partial charge in [-0.15, -0.1) is 0 Å². The second-order valence-electron chi connectivity index (χ2n) is 7.73. The van der Waals surface area contributed by atoms with Crippen LogP contribution < -0.4 is 15.6 Å². The fraction of sp³-hybridized carbons (Fsp3) is 0.273. The van der Waals surface area contributed by atoms with Gasteiger partial charge in [-0.3, -0.25) is 9.59 Å². The minimum atomic E-state index is -3.96. The average molecular weight is 428 g/mol. The third-order valence-corrected chi connectivity index (χ3v) is 6.08. The molecular weight excluding hydrogens is 402 g/mol. The Morgan fingerprint density at radius 2 is 1.83 bits per heavy atom. The van der Waals surface area contributed by atoms with Crippen molar-refractivity contribution in [3.63, 3.8) is 0 Å². The molecule has 0 saturated heterocycles. The van der Waals surface area contributed by atoms with Crippen molar-refractivity contribution in [3.8, 4) is 0 Å². The Labute approximate surface area is 175 Å². The van der Waals surface area contributed by atoms with Gasteiger partial charge in [-0.05, 0) is 66.6 Å². The van der Waals surface area contributed by atoms with Crippen molar-refractivity contribution in [2.24, 2.45) is 5.92 Å². The number of carbonyl (C=O) groups is 1. The number of aryl methyl sites for hydroxylation is 1. The van der Waals surface area contributed by atoms with E-state index in [0.717, 1.165) is 5.56 Å². The molecule has 3 N–H and O–H groups in total. The van der Waals surface area contributed by atoms with E-state index in [2.05, 4.69) is 15.0 Å². The summed E-state index contributed by atoms with van der Waals surface area (Å²) in [6.45, 7) is 5.76. The Bertz CT molecular complexity index is 1230. The van der Waals surface area contributed by atoms with Crippen LogP contribution >= 0.6 is 0 Å². The number of aromatic amines is 1. The van der Waals surface area contributed by atoms with Crippen molar-refractivity contribution in [2.75, 3.05) is 5.32 Å². The largest absolute Gasteiger partial charge is 0.325 e. The molecule has 7 nitrogen and oxygen atoms in total. The van der Waals surface area contributed by atoms with Crippen LogP contribution in [0.1, 0.15) is 25.8 Å². The molecule has 3 aromatic rings. The van der Waals surface area contributed by atoms with Gasteiger partial charge in [0, 0.05) is 17.3 Å². The maximum absolute atomic E-state index is 13.0. The van der Waals surface area contributed by atoms with E-state index in [4.69, 9.17) is 0 Å². The van der Waals surface area contributed by atoms with Gasteiger partial charge in [0.2, 0.25) is 21.5 Å². The first kappa shape index (κ1) is 21.7. The van der Waals surface area contributed by atoms with Crippen LogP contribution in [0.5, 0.6) is 0 Å². The van der Waals surface area contributed by atoms with Crippen LogP contribution in [0.15, 0.2) is 64.3 Å². The molecule has 8 heteroatoms. The number of benzene rings is 2. The van der Waals surface area contributed by atoms with Crippen molar-refractivity contribution in [1.82, 2.24) is 9.71 Å². The molecule has 0 unspecified atom stereocenters. The number of nitrogens with one attached hydrogen (secondary N) is 3. The zero-order chi connectivity index (χ0) is 21.9. The van der Waals surface area contributed by atoms with Crippen LogP contribution in [0.3, 0.4) is 0 Å². The first-order chi connectivity index (χ1) is 14.1. The van der Waals surface area contributed by atoms with Crippen molar-refractivity contribution in [3.05, 3.63) is 70.5 Å². The summed E-state index contributed by atoms with van der Waals surface area (Å²) in [7, 11) is -3.96. The Morgan fingerprint density at radius 3 is 2.53 bits per heavy atom. The predicted octanol–water partition coefficient (Wildman–Crippen LogP) is 3.17. The molecule has 0 aliphatic heterocycles. The molecule has 1 heterocycles. The highest BCUT2D eigenvalue weighted by atomic mass is 32.2. The molecule has 158 valence electrons. The number of carbonyl (C=O) groups excluding carboxylic acids is 1. The van der Waals surface area contributed by atoms with Gasteiger partial charge in [0.05, 0.1) is 4.90 Å². The molecule has 0 radical (unpaired) electrons. The summed E-state index contributed by atoms with van der Waals surface area (Å²) in [4.78, 5) is 26.9. The summed E-state index contributed by atoms with van der Waals surface area (Å²) in [6, 6.07) is 13.7.